The molecular weight excluding hydrogens is 258 g/mol. The minimum absolute atomic E-state index is 0.400. The number of pyridine rings is 2. The third kappa shape index (κ3) is 3.23. The van der Waals surface area contributed by atoms with E-state index in [2.05, 4.69) is 15.3 Å². The fraction of sp³-hybridized carbons (Fsp3) is 0.214. The van der Waals surface area contributed by atoms with E-state index in [0.29, 0.717) is 23.8 Å². The lowest BCUT2D eigenvalue weighted by Crippen LogP contribution is -2.09. The maximum Gasteiger partial charge on any atom is 0.341 e. The van der Waals surface area contributed by atoms with E-state index in [0.717, 1.165) is 5.56 Å². The molecule has 0 fully saturated rings. The second-order valence-electron chi connectivity index (χ2n) is 3.95. The predicted molar refractivity (Wildman–Crippen MR) is 73.7 cm³/mol. The van der Waals surface area contributed by atoms with Crippen LogP contribution in [0.1, 0.15) is 15.9 Å². The summed E-state index contributed by atoms with van der Waals surface area (Å²) < 4.78 is 9.70. The molecule has 0 spiro atoms. The highest BCUT2D eigenvalue weighted by atomic mass is 16.5. The maximum atomic E-state index is 11.6. The number of hydrogen-bond donors (Lipinski definition) is 1. The Hall–Kier alpha value is -2.63. The molecule has 0 atom stereocenters. The van der Waals surface area contributed by atoms with Crippen molar-refractivity contribution in [3.05, 3.63) is 47.8 Å². The predicted octanol–water partition coefficient (Wildman–Crippen LogP) is 1.88. The quantitative estimate of drug-likeness (QED) is 0.838. The molecule has 0 aliphatic heterocycles. The molecule has 2 aromatic rings. The first-order valence-corrected chi connectivity index (χ1v) is 6.00. The van der Waals surface area contributed by atoms with E-state index in [1.54, 1.807) is 37.7 Å². The van der Waals surface area contributed by atoms with E-state index in [1.807, 2.05) is 6.07 Å². The number of hydrogen-bond acceptors (Lipinski definition) is 6. The molecule has 2 rings (SSSR count). The Balaban J connectivity index is 2.08. The van der Waals surface area contributed by atoms with Gasteiger partial charge < -0.3 is 14.8 Å². The van der Waals surface area contributed by atoms with E-state index < -0.39 is 5.97 Å². The summed E-state index contributed by atoms with van der Waals surface area (Å²) in [6.45, 7) is 0.498. The molecule has 6 nitrogen and oxygen atoms in total. The summed E-state index contributed by atoms with van der Waals surface area (Å²) in [4.78, 5) is 19.8. The molecule has 6 heteroatoms. The molecule has 0 bridgehead atoms. The molecule has 0 radical (unpaired) electrons. The molecule has 0 saturated carbocycles. The van der Waals surface area contributed by atoms with Crippen molar-refractivity contribution >= 4 is 11.8 Å². The van der Waals surface area contributed by atoms with Crippen molar-refractivity contribution in [2.75, 3.05) is 19.5 Å². The molecule has 0 aliphatic rings. The third-order valence-electron chi connectivity index (χ3n) is 2.68. The molecule has 20 heavy (non-hydrogen) atoms. The summed E-state index contributed by atoms with van der Waals surface area (Å²) in [7, 11) is 2.91. The van der Waals surface area contributed by atoms with E-state index in [4.69, 9.17) is 9.47 Å². The van der Waals surface area contributed by atoms with Crippen LogP contribution in [0, 0.1) is 0 Å². The van der Waals surface area contributed by atoms with Crippen LogP contribution in [0.4, 0.5) is 5.82 Å². The fourth-order valence-electron chi connectivity index (χ4n) is 1.64. The fourth-order valence-corrected chi connectivity index (χ4v) is 1.64. The zero-order valence-electron chi connectivity index (χ0n) is 11.3. The average Bonchev–Trinajstić information content (AvgIpc) is 2.53. The maximum absolute atomic E-state index is 11.6. The largest absolute Gasteiger partial charge is 0.481 e. The van der Waals surface area contributed by atoms with Gasteiger partial charge in [0, 0.05) is 25.0 Å². The van der Waals surface area contributed by atoms with Crippen molar-refractivity contribution in [1.29, 1.82) is 0 Å². The molecule has 2 aromatic heterocycles. The molecule has 0 unspecified atom stereocenters. The normalized spacial score (nSPS) is 9.90. The lowest BCUT2D eigenvalue weighted by molar-refractivity contribution is 0.0601. The second-order valence-corrected chi connectivity index (χ2v) is 3.95. The number of methoxy groups -OCH3 is 2. The smallest absolute Gasteiger partial charge is 0.341 e. The number of aromatic nitrogens is 2. The highest BCUT2D eigenvalue weighted by Gasteiger charge is 2.11. The van der Waals surface area contributed by atoms with Gasteiger partial charge in [0.2, 0.25) is 5.88 Å². The molecule has 0 saturated heterocycles. The van der Waals surface area contributed by atoms with Crippen LogP contribution >= 0.6 is 0 Å². The Bertz CT molecular complexity index is 584. The zero-order chi connectivity index (χ0) is 14.4. The summed E-state index contributed by atoms with van der Waals surface area (Å²) in [6, 6.07) is 7.01. The number of nitrogens with one attached hydrogen (secondary N) is 1. The number of carbonyl (C=O) groups is 1. The van der Waals surface area contributed by atoms with Crippen molar-refractivity contribution in [3.63, 3.8) is 0 Å². The van der Waals surface area contributed by atoms with Crippen molar-refractivity contribution < 1.29 is 14.3 Å². The minimum Gasteiger partial charge on any atom is -0.481 e. The van der Waals surface area contributed by atoms with Crippen LogP contribution in [-0.4, -0.2) is 30.2 Å². The molecule has 1 N–H and O–H groups in total. The SMILES string of the molecule is COC(=O)c1cccnc1NCc1ccc(OC)nc1. The van der Waals surface area contributed by atoms with Crippen molar-refractivity contribution in [2.45, 2.75) is 6.54 Å². The van der Waals surface area contributed by atoms with Gasteiger partial charge in [0.15, 0.2) is 0 Å². The van der Waals surface area contributed by atoms with Crippen LogP contribution in [-0.2, 0) is 11.3 Å². The first-order valence-electron chi connectivity index (χ1n) is 6.00. The lowest BCUT2D eigenvalue weighted by Gasteiger charge is -2.09. The topological polar surface area (TPSA) is 73.3 Å². The Labute approximate surface area is 116 Å². The van der Waals surface area contributed by atoms with Crippen molar-refractivity contribution in [3.8, 4) is 5.88 Å². The summed E-state index contributed by atoms with van der Waals surface area (Å²) in [5.74, 6) is 0.616. The Kier molecular flexibility index (Phi) is 4.49. The molecular formula is C14H15N3O3. The summed E-state index contributed by atoms with van der Waals surface area (Å²) >= 11 is 0. The Morgan fingerprint density at radius 2 is 2.10 bits per heavy atom. The Morgan fingerprint density at radius 3 is 2.75 bits per heavy atom. The van der Waals surface area contributed by atoms with Gasteiger partial charge in [0.25, 0.3) is 0 Å². The summed E-state index contributed by atoms with van der Waals surface area (Å²) in [5.41, 5.74) is 1.35. The van der Waals surface area contributed by atoms with Crippen LogP contribution in [0.15, 0.2) is 36.7 Å². The molecule has 0 aliphatic carbocycles. The van der Waals surface area contributed by atoms with Gasteiger partial charge in [0.05, 0.1) is 14.2 Å². The third-order valence-corrected chi connectivity index (χ3v) is 2.68. The lowest BCUT2D eigenvalue weighted by atomic mass is 10.2. The highest BCUT2D eigenvalue weighted by molar-refractivity contribution is 5.94. The first kappa shape index (κ1) is 13.8. The van der Waals surface area contributed by atoms with Crippen LogP contribution in [0.2, 0.25) is 0 Å². The van der Waals surface area contributed by atoms with Gasteiger partial charge in [-0.05, 0) is 17.7 Å². The molecule has 0 aromatic carbocycles. The number of carbonyl (C=O) groups excluding carboxylic acids is 1. The van der Waals surface area contributed by atoms with E-state index >= 15 is 0 Å². The van der Waals surface area contributed by atoms with Crippen LogP contribution in [0.25, 0.3) is 0 Å². The van der Waals surface area contributed by atoms with Gasteiger partial charge in [-0.1, -0.05) is 6.07 Å². The van der Waals surface area contributed by atoms with Gasteiger partial charge >= 0.3 is 5.97 Å². The zero-order valence-corrected chi connectivity index (χ0v) is 11.3. The number of ether oxygens (including phenoxy) is 2. The van der Waals surface area contributed by atoms with E-state index in [9.17, 15) is 4.79 Å². The van der Waals surface area contributed by atoms with E-state index in [1.165, 1.54) is 7.11 Å². The van der Waals surface area contributed by atoms with E-state index in [-0.39, 0.29) is 0 Å². The standard InChI is InChI=1S/C14H15N3O3/c1-19-12-6-5-10(8-16-12)9-17-13-11(14(18)20-2)4-3-7-15-13/h3-8H,9H2,1-2H3,(H,15,17). The average molecular weight is 273 g/mol. The van der Waals surface area contributed by atoms with Gasteiger partial charge in [-0.15, -0.1) is 0 Å². The molecule has 104 valence electrons. The van der Waals surface area contributed by atoms with Crippen molar-refractivity contribution in [1.82, 2.24) is 9.97 Å². The number of nitrogens with zero attached hydrogens (tertiary/aromatic N) is 2. The minimum atomic E-state index is -0.423. The van der Waals surface area contributed by atoms with Gasteiger partial charge in [-0.3, -0.25) is 0 Å². The summed E-state index contributed by atoms with van der Waals surface area (Å²) in [6.07, 6.45) is 3.31. The molecule has 2 heterocycles. The number of rotatable bonds is 5. The second kappa shape index (κ2) is 6.51. The Morgan fingerprint density at radius 1 is 1.25 bits per heavy atom. The highest BCUT2D eigenvalue weighted by Crippen LogP contribution is 2.14. The summed E-state index contributed by atoms with van der Waals surface area (Å²) in [5, 5.41) is 3.09. The number of anilines is 1. The van der Waals surface area contributed by atoms with Gasteiger partial charge in [-0.2, -0.15) is 0 Å². The van der Waals surface area contributed by atoms with Gasteiger partial charge in [-0.25, -0.2) is 14.8 Å². The monoisotopic (exact) mass is 273 g/mol. The molecule has 0 amide bonds. The number of esters is 1. The van der Waals surface area contributed by atoms with Gasteiger partial charge in [0.1, 0.15) is 11.4 Å². The van der Waals surface area contributed by atoms with Crippen molar-refractivity contribution in [2.24, 2.45) is 0 Å². The van der Waals surface area contributed by atoms with Crippen LogP contribution in [0.5, 0.6) is 5.88 Å². The first-order chi connectivity index (χ1) is 9.74. The van der Waals surface area contributed by atoms with Crippen LogP contribution in [0.3, 0.4) is 0 Å². The van der Waals surface area contributed by atoms with Crippen LogP contribution < -0.4 is 10.1 Å².